The second-order valence-corrected chi connectivity index (χ2v) is 6.15. The zero-order chi connectivity index (χ0) is 17.8. The highest BCUT2D eigenvalue weighted by Gasteiger charge is 2.45. The number of imide groups is 1. The van der Waals surface area contributed by atoms with Gasteiger partial charge in [-0.25, -0.2) is 0 Å². The van der Waals surface area contributed by atoms with Crippen LogP contribution in [0.15, 0.2) is 42.5 Å². The molecule has 2 aliphatic rings. The smallest absolute Gasteiger partial charge is 0.237 e. The molecule has 1 aliphatic carbocycles. The topological polar surface area (TPSA) is 87.1 Å². The van der Waals surface area contributed by atoms with Gasteiger partial charge in [-0.15, -0.1) is 0 Å². The van der Waals surface area contributed by atoms with E-state index in [4.69, 9.17) is 4.74 Å². The number of fused-ring (bicyclic) bond motifs is 1. The average molecular weight is 343 g/mol. The number of aliphatic hydroxyl groups is 2. The van der Waals surface area contributed by atoms with Gasteiger partial charge in [-0.3, -0.25) is 14.5 Å². The number of rotatable bonds is 7. The molecule has 0 bridgehead atoms. The monoisotopic (exact) mass is 343 g/mol. The number of nitrogens with zero attached hydrogens (tertiary/aromatic N) is 1. The zero-order valence-corrected chi connectivity index (χ0v) is 13.8. The summed E-state index contributed by atoms with van der Waals surface area (Å²) in [6.45, 7) is 0.381. The van der Waals surface area contributed by atoms with Crippen LogP contribution in [0.5, 0.6) is 5.75 Å². The minimum Gasteiger partial charge on any atom is -0.494 e. The van der Waals surface area contributed by atoms with Crippen molar-refractivity contribution in [3.8, 4) is 5.75 Å². The van der Waals surface area contributed by atoms with Crippen molar-refractivity contribution in [2.24, 2.45) is 11.8 Å². The van der Waals surface area contributed by atoms with Gasteiger partial charge in [0.1, 0.15) is 5.75 Å². The molecule has 0 radical (unpaired) electrons. The molecule has 6 heteroatoms. The molecule has 3 rings (SSSR count). The second-order valence-electron chi connectivity index (χ2n) is 6.15. The lowest BCUT2D eigenvalue weighted by Gasteiger charge is -2.15. The third-order valence-corrected chi connectivity index (χ3v) is 4.42. The molecule has 1 aromatic carbocycles. The zero-order valence-electron chi connectivity index (χ0n) is 13.8. The third-order valence-electron chi connectivity index (χ3n) is 4.42. The first kappa shape index (κ1) is 17.4. The predicted octanol–water partition coefficient (Wildman–Crippen LogP) is 1.17. The molecule has 6 nitrogen and oxygen atoms in total. The van der Waals surface area contributed by atoms with E-state index < -0.39 is 0 Å². The standard InChI is InChI=1S/C19H21NO5/c21-11-13-8-14(12-22)10-15(9-13)25-7-3-6-20-18(23)16-4-1-2-5-17(16)19(20)24/h1-2,4-5,8-10,16-17,21-22H,3,6-7,11-12H2. The Morgan fingerprint density at radius 2 is 1.48 bits per heavy atom. The molecule has 0 spiro atoms. The van der Waals surface area contributed by atoms with Crippen molar-refractivity contribution >= 4 is 11.8 Å². The number of carbonyl (C=O) groups excluding carboxylic acids is 2. The molecule has 1 saturated heterocycles. The number of aliphatic hydroxyl groups excluding tert-OH is 2. The van der Waals surface area contributed by atoms with Gasteiger partial charge in [0.15, 0.2) is 0 Å². The highest BCUT2D eigenvalue weighted by molar-refractivity contribution is 6.07. The van der Waals surface area contributed by atoms with Gasteiger partial charge in [0.2, 0.25) is 11.8 Å². The van der Waals surface area contributed by atoms with Gasteiger partial charge >= 0.3 is 0 Å². The fourth-order valence-electron chi connectivity index (χ4n) is 3.18. The lowest BCUT2D eigenvalue weighted by molar-refractivity contribution is -0.139. The number of benzene rings is 1. The van der Waals surface area contributed by atoms with E-state index in [2.05, 4.69) is 0 Å². The summed E-state index contributed by atoms with van der Waals surface area (Å²) in [5.41, 5.74) is 1.32. The number of allylic oxidation sites excluding steroid dienone is 2. The summed E-state index contributed by atoms with van der Waals surface area (Å²) in [7, 11) is 0. The molecule has 1 aliphatic heterocycles. The highest BCUT2D eigenvalue weighted by atomic mass is 16.5. The summed E-state index contributed by atoms with van der Waals surface area (Å²) < 4.78 is 5.64. The van der Waals surface area contributed by atoms with Gasteiger partial charge in [-0.05, 0) is 29.7 Å². The van der Waals surface area contributed by atoms with Gasteiger partial charge in [0.05, 0.1) is 31.7 Å². The summed E-state index contributed by atoms with van der Waals surface area (Å²) in [5, 5.41) is 18.5. The van der Waals surface area contributed by atoms with Crippen molar-refractivity contribution in [3.05, 3.63) is 53.6 Å². The third kappa shape index (κ3) is 3.65. The van der Waals surface area contributed by atoms with Crippen molar-refractivity contribution in [2.45, 2.75) is 19.6 Å². The Balaban J connectivity index is 1.54. The molecule has 1 fully saturated rings. The summed E-state index contributed by atoms with van der Waals surface area (Å²) >= 11 is 0. The maximum atomic E-state index is 12.3. The van der Waals surface area contributed by atoms with E-state index in [-0.39, 0.29) is 36.9 Å². The van der Waals surface area contributed by atoms with Crippen molar-refractivity contribution in [1.29, 1.82) is 0 Å². The number of hydrogen-bond acceptors (Lipinski definition) is 5. The fraction of sp³-hybridized carbons (Fsp3) is 0.368. The van der Waals surface area contributed by atoms with Crippen molar-refractivity contribution < 1.29 is 24.5 Å². The van der Waals surface area contributed by atoms with Gasteiger partial charge in [0.25, 0.3) is 0 Å². The Morgan fingerprint density at radius 3 is 2.00 bits per heavy atom. The quantitative estimate of drug-likeness (QED) is 0.573. The second kappa shape index (κ2) is 7.63. The molecular formula is C19H21NO5. The van der Waals surface area contributed by atoms with E-state index in [1.165, 1.54) is 4.90 Å². The lowest BCUT2D eigenvalue weighted by Crippen LogP contribution is -2.32. The normalized spacial score (nSPS) is 21.8. The van der Waals surface area contributed by atoms with Crippen LogP contribution in [-0.4, -0.2) is 40.1 Å². The molecule has 132 valence electrons. The van der Waals surface area contributed by atoms with Crippen molar-refractivity contribution in [3.63, 3.8) is 0 Å². The average Bonchev–Trinajstić information content (AvgIpc) is 2.89. The summed E-state index contributed by atoms with van der Waals surface area (Å²) in [6, 6.07) is 5.11. The van der Waals surface area contributed by atoms with E-state index in [9.17, 15) is 19.8 Å². The van der Waals surface area contributed by atoms with E-state index in [1.54, 1.807) is 42.5 Å². The molecule has 0 aromatic heterocycles. The van der Waals surface area contributed by atoms with Gasteiger partial charge in [-0.1, -0.05) is 30.4 Å². The summed E-state index contributed by atoms with van der Waals surface area (Å²) in [6.07, 6.45) is 7.66. The highest BCUT2D eigenvalue weighted by Crippen LogP contribution is 2.31. The fourth-order valence-corrected chi connectivity index (χ4v) is 3.18. The number of amides is 2. The maximum absolute atomic E-state index is 12.3. The van der Waals surface area contributed by atoms with Gasteiger partial charge in [0, 0.05) is 6.54 Å². The van der Waals surface area contributed by atoms with Crippen LogP contribution in [0.3, 0.4) is 0 Å². The van der Waals surface area contributed by atoms with Gasteiger partial charge in [-0.2, -0.15) is 0 Å². The first-order chi connectivity index (χ1) is 12.1. The molecule has 1 aromatic rings. The number of ether oxygens (including phenoxy) is 1. The molecule has 1 heterocycles. The molecular weight excluding hydrogens is 322 g/mol. The first-order valence-electron chi connectivity index (χ1n) is 8.31. The van der Waals surface area contributed by atoms with Crippen molar-refractivity contribution in [2.75, 3.05) is 13.2 Å². The van der Waals surface area contributed by atoms with Crippen LogP contribution in [0, 0.1) is 11.8 Å². The van der Waals surface area contributed by atoms with E-state index in [0.29, 0.717) is 36.4 Å². The molecule has 2 N–H and O–H groups in total. The Kier molecular flexibility index (Phi) is 5.31. The number of likely N-dealkylation sites (tertiary alicyclic amines) is 1. The molecule has 2 amide bonds. The van der Waals surface area contributed by atoms with Crippen LogP contribution in [0.2, 0.25) is 0 Å². The Hall–Kier alpha value is -2.44. The summed E-state index contributed by atoms with van der Waals surface area (Å²) in [5.74, 6) is -0.492. The minimum absolute atomic E-state index is 0.134. The van der Waals surface area contributed by atoms with Crippen LogP contribution in [-0.2, 0) is 22.8 Å². The first-order valence-corrected chi connectivity index (χ1v) is 8.31. The van der Waals surface area contributed by atoms with Crippen LogP contribution in [0.1, 0.15) is 17.5 Å². The Morgan fingerprint density at radius 1 is 0.920 bits per heavy atom. The molecule has 2 unspecified atom stereocenters. The lowest BCUT2D eigenvalue weighted by atomic mass is 9.91. The van der Waals surface area contributed by atoms with E-state index in [1.807, 2.05) is 0 Å². The predicted molar refractivity (Wildman–Crippen MR) is 90.4 cm³/mol. The van der Waals surface area contributed by atoms with E-state index >= 15 is 0 Å². The van der Waals surface area contributed by atoms with Crippen LogP contribution in [0.25, 0.3) is 0 Å². The minimum atomic E-state index is -0.369. The largest absolute Gasteiger partial charge is 0.494 e. The van der Waals surface area contributed by atoms with Crippen LogP contribution in [0.4, 0.5) is 0 Å². The number of hydrogen-bond donors (Lipinski definition) is 2. The molecule has 25 heavy (non-hydrogen) atoms. The van der Waals surface area contributed by atoms with Gasteiger partial charge < -0.3 is 14.9 Å². The van der Waals surface area contributed by atoms with Crippen LogP contribution >= 0.6 is 0 Å². The molecule has 2 atom stereocenters. The molecule has 0 saturated carbocycles. The van der Waals surface area contributed by atoms with E-state index in [0.717, 1.165) is 0 Å². The van der Waals surface area contributed by atoms with Crippen molar-refractivity contribution in [1.82, 2.24) is 4.90 Å². The maximum Gasteiger partial charge on any atom is 0.237 e. The SMILES string of the molecule is O=C1C2C=CC=CC2C(=O)N1CCCOc1cc(CO)cc(CO)c1. The Bertz CT molecular complexity index is 672. The number of carbonyl (C=O) groups is 2. The Labute approximate surface area is 146 Å². The van der Waals surface area contributed by atoms with Crippen LogP contribution < -0.4 is 4.74 Å². The summed E-state index contributed by atoms with van der Waals surface area (Å²) in [4.78, 5) is 25.9.